The predicted molar refractivity (Wildman–Crippen MR) is 67.1 cm³/mol. The van der Waals surface area contributed by atoms with E-state index in [1.807, 2.05) is 6.26 Å². The first-order valence-electron chi connectivity index (χ1n) is 6.51. The summed E-state index contributed by atoms with van der Waals surface area (Å²) in [6.07, 6.45) is 4.68. The number of nitrogens with zero attached hydrogens (tertiary/aromatic N) is 2. The summed E-state index contributed by atoms with van der Waals surface area (Å²) >= 11 is 0. The Morgan fingerprint density at radius 3 is 2.76 bits per heavy atom. The maximum atomic E-state index is 5.16. The van der Waals surface area contributed by atoms with Gasteiger partial charge in [0.15, 0.2) is 0 Å². The minimum Gasteiger partial charge on any atom is -0.472 e. The molecule has 0 amide bonds. The summed E-state index contributed by atoms with van der Waals surface area (Å²) < 4.78 is 5.16. The van der Waals surface area contributed by atoms with E-state index in [-0.39, 0.29) is 0 Å². The second-order valence-corrected chi connectivity index (χ2v) is 5.13. The average Bonchev–Trinajstić information content (AvgIpc) is 2.90. The van der Waals surface area contributed by atoms with Crippen molar-refractivity contribution in [1.29, 1.82) is 0 Å². The molecule has 1 N–H and O–H groups in total. The van der Waals surface area contributed by atoms with Crippen LogP contribution in [0.1, 0.15) is 5.56 Å². The number of furan rings is 1. The molecule has 2 unspecified atom stereocenters. The lowest BCUT2D eigenvalue weighted by Gasteiger charge is -2.50. The molecule has 3 aliphatic heterocycles. The molecule has 4 rings (SSSR count). The minimum atomic E-state index is 0.524. The lowest BCUT2D eigenvalue weighted by atomic mass is 9.95. The highest BCUT2D eigenvalue weighted by molar-refractivity contribution is 5.10. The molecule has 3 aliphatic rings. The molecule has 17 heavy (non-hydrogen) atoms. The predicted octanol–water partition coefficient (Wildman–Crippen LogP) is 0.410. The van der Waals surface area contributed by atoms with Gasteiger partial charge in [-0.1, -0.05) is 0 Å². The van der Waals surface area contributed by atoms with E-state index < -0.39 is 0 Å². The summed E-state index contributed by atoms with van der Waals surface area (Å²) in [6.45, 7) is 6.17. The topological polar surface area (TPSA) is 31.7 Å². The van der Waals surface area contributed by atoms with Crippen LogP contribution < -0.4 is 5.32 Å². The van der Waals surface area contributed by atoms with E-state index in [0.29, 0.717) is 12.1 Å². The van der Waals surface area contributed by atoms with Crippen molar-refractivity contribution in [1.82, 2.24) is 15.1 Å². The molecular formula is C13H21N3O. The SMILES string of the molecule is CNC(Cc1ccoc1)C1CN2CCN1CC2. The van der Waals surface area contributed by atoms with Crippen LogP contribution in [-0.2, 0) is 6.42 Å². The van der Waals surface area contributed by atoms with Gasteiger partial charge in [0, 0.05) is 44.8 Å². The fourth-order valence-corrected chi connectivity index (χ4v) is 3.13. The Balaban J connectivity index is 1.68. The van der Waals surface area contributed by atoms with Gasteiger partial charge in [-0.25, -0.2) is 0 Å². The van der Waals surface area contributed by atoms with Gasteiger partial charge in [0.25, 0.3) is 0 Å². The monoisotopic (exact) mass is 235 g/mol. The number of piperazine rings is 3. The molecule has 3 fully saturated rings. The largest absolute Gasteiger partial charge is 0.472 e. The molecule has 0 spiro atoms. The second-order valence-electron chi connectivity index (χ2n) is 5.13. The highest BCUT2D eigenvalue weighted by Gasteiger charge is 2.36. The molecule has 0 aromatic carbocycles. The maximum absolute atomic E-state index is 5.16. The Morgan fingerprint density at radius 1 is 1.41 bits per heavy atom. The van der Waals surface area contributed by atoms with Gasteiger partial charge in [0.05, 0.1) is 12.5 Å². The average molecular weight is 235 g/mol. The molecule has 3 saturated heterocycles. The first-order valence-corrected chi connectivity index (χ1v) is 6.51. The quantitative estimate of drug-likeness (QED) is 0.819. The molecule has 4 heterocycles. The second kappa shape index (κ2) is 4.80. The van der Waals surface area contributed by atoms with E-state index in [1.165, 1.54) is 38.3 Å². The van der Waals surface area contributed by atoms with E-state index in [1.54, 1.807) is 6.26 Å². The van der Waals surface area contributed by atoms with Crippen molar-refractivity contribution in [3.63, 3.8) is 0 Å². The van der Waals surface area contributed by atoms with Crippen LogP contribution in [0.25, 0.3) is 0 Å². The van der Waals surface area contributed by atoms with Crippen LogP contribution in [0.2, 0.25) is 0 Å². The van der Waals surface area contributed by atoms with Gasteiger partial charge in [0.1, 0.15) is 0 Å². The van der Waals surface area contributed by atoms with Crippen LogP contribution in [0, 0.1) is 0 Å². The number of hydrogen-bond acceptors (Lipinski definition) is 4. The van der Waals surface area contributed by atoms with Crippen molar-refractivity contribution in [2.75, 3.05) is 39.8 Å². The molecule has 0 radical (unpaired) electrons. The molecule has 94 valence electrons. The van der Waals surface area contributed by atoms with Crippen molar-refractivity contribution in [3.8, 4) is 0 Å². The zero-order valence-electron chi connectivity index (χ0n) is 10.4. The fourth-order valence-electron chi connectivity index (χ4n) is 3.13. The van der Waals surface area contributed by atoms with E-state index in [2.05, 4.69) is 28.2 Å². The van der Waals surface area contributed by atoms with Gasteiger partial charge in [-0.05, 0) is 25.1 Å². The molecule has 4 heteroatoms. The summed E-state index contributed by atoms with van der Waals surface area (Å²) in [7, 11) is 2.07. The van der Waals surface area contributed by atoms with Crippen LogP contribution >= 0.6 is 0 Å². The minimum absolute atomic E-state index is 0.524. The molecule has 4 nitrogen and oxygen atoms in total. The summed E-state index contributed by atoms with van der Waals surface area (Å²) in [5, 5.41) is 3.48. The third-order valence-electron chi connectivity index (χ3n) is 4.19. The van der Waals surface area contributed by atoms with Crippen molar-refractivity contribution in [2.45, 2.75) is 18.5 Å². The summed E-state index contributed by atoms with van der Waals surface area (Å²) in [5.74, 6) is 0. The summed E-state index contributed by atoms with van der Waals surface area (Å²) in [4.78, 5) is 5.23. The molecule has 0 saturated carbocycles. The van der Waals surface area contributed by atoms with Gasteiger partial charge in [-0.15, -0.1) is 0 Å². The molecule has 1 aromatic heterocycles. The molecule has 2 bridgehead atoms. The van der Waals surface area contributed by atoms with Crippen LogP contribution in [0.5, 0.6) is 0 Å². The standard InChI is InChI=1S/C13H21N3O/c1-14-12(8-11-2-7-17-10-11)13-9-15-3-5-16(13)6-4-15/h2,7,10,12-14H,3-6,8-9H2,1H3. The number of fused-ring (bicyclic) bond motifs is 3. The molecule has 1 aromatic rings. The molecule has 2 atom stereocenters. The number of rotatable bonds is 4. The summed E-state index contributed by atoms with van der Waals surface area (Å²) in [5.41, 5.74) is 1.29. The van der Waals surface area contributed by atoms with Gasteiger partial charge in [-0.2, -0.15) is 0 Å². The normalized spacial score (nSPS) is 33.8. The first kappa shape index (κ1) is 11.3. The van der Waals surface area contributed by atoms with Crippen molar-refractivity contribution in [2.24, 2.45) is 0 Å². The lowest BCUT2D eigenvalue weighted by Crippen LogP contribution is -2.66. The van der Waals surface area contributed by atoms with Gasteiger partial charge in [0.2, 0.25) is 0 Å². The maximum Gasteiger partial charge on any atom is 0.0935 e. The highest BCUT2D eigenvalue weighted by Crippen LogP contribution is 2.20. The van der Waals surface area contributed by atoms with Gasteiger partial charge < -0.3 is 9.73 Å². The van der Waals surface area contributed by atoms with E-state index in [9.17, 15) is 0 Å². The van der Waals surface area contributed by atoms with Crippen LogP contribution in [0.4, 0.5) is 0 Å². The first-order chi connectivity index (χ1) is 8.36. The van der Waals surface area contributed by atoms with E-state index in [4.69, 9.17) is 4.42 Å². The van der Waals surface area contributed by atoms with E-state index >= 15 is 0 Å². The Bertz CT molecular complexity index is 344. The van der Waals surface area contributed by atoms with Crippen molar-refractivity contribution < 1.29 is 4.42 Å². The zero-order valence-corrected chi connectivity index (χ0v) is 10.4. The molecular weight excluding hydrogens is 214 g/mol. The Kier molecular flexibility index (Phi) is 3.18. The Hall–Kier alpha value is -0.840. The van der Waals surface area contributed by atoms with Crippen molar-refractivity contribution in [3.05, 3.63) is 24.2 Å². The van der Waals surface area contributed by atoms with Crippen LogP contribution in [-0.4, -0.2) is 61.7 Å². The number of nitrogens with one attached hydrogen (secondary N) is 1. The highest BCUT2D eigenvalue weighted by atomic mass is 16.3. The lowest BCUT2D eigenvalue weighted by molar-refractivity contribution is -0.00203. The van der Waals surface area contributed by atoms with Crippen LogP contribution in [0.3, 0.4) is 0 Å². The van der Waals surface area contributed by atoms with Gasteiger partial charge >= 0.3 is 0 Å². The van der Waals surface area contributed by atoms with Gasteiger partial charge in [-0.3, -0.25) is 9.80 Å². The molecule has 0 aliphatic carbocycles. The fraction of sp³-hybridized carbons (Fsp3) is 0.692. The third-order valence-corrected chi connectivity index (χ3v) is 4.19. The Morgan fingerprint density at radius 2 is 2.24 bits per heavy atom. The number of likely N-dealkylation sites (N-methyl/N-ethyl adjacent to an activating group) is 1. The Labute approximate surface area is 103 Å². The zero-order chi connectivity index (χ0) is 11.7. The van der Waals surface area contributed by atoms with E-state index in [0.717, 1.165) is 6.42 Å². The third kappa shape index (κ3) is 2.25. The van der Waals surface area contributed by atoms with Crippen molar-refractivity contribution >= 4 is 0 Å². The summed E-state index contributed by atoms with van der Waals surface area (Å²) in [6, 6.07) is 3.24. The van der Waals surface area contributed by atoms with Crippen LogP contribution in [0.15, 0.2) is 23.0 Å². The number of hydrogen-bond donors (Lipinski definition) is 1. The smallest absolute Gasteiger partial charge is 0.0935 e.